The molecule has 4 N–H and O–H groups in total. The fourth-order valence-corrected chi connectivity index (χ4v) is 4.92. The summed E-state index contributed by atoms with van der Waals surface area (Å²) in [6.07, 6.45) is 3.16. The predicted octanol–water partition coefficient (Wildman–Crippen LogP) is 5.12. The number of likely N-dealkylation sites (tertiary alicyclic amines) is 1. The number of carboxylic acid groups (broad SMARTS) is 1. The molecule has 9 heteroatoms. The van der Waals surface area contributed by atoms with Crippen LogP contribution in [0.3, 0.4) is 0 Å². The van der Waals surface area contributed by atoms with Crippen LogP contribution in [0, 0.1) is 27.7 Å². The minimum atomic E-state index is -0.862. The Hall–Kier alpha value is -4.30. The standard InChI is InChI=1S/C23H30N4O3.C10H14.CO2/c1-24-21(22(28)29)15-17-7-9-18(10-8-17)19-5-4-6-20(16-19)26-23(30)25-11-14-27-12-2-3-13-27;1-7-5-8(2)10(4)9(3)6-7;2-1-3/h4-10,16,21,24H,2-3,11-15H2,1H3,(H,28,29)(H2,25,26,30);5-6H,1-4H3;. The van der Waals surface area contributed by atoms with Crippen molar-refractivity contribution in [2.45, 2.75) is 53.0 Å². The lowest BCUT2D eigenvalue weighted by atomic mass is 10.0. The summed E-state index contributed by atoms with van der Waals surface area (Å²) in [6, 6.07) is 19.2. The van der Waals surface area contributed by atoms with Crippen LogP contribution in [0.15, 0.2) is 60.7 Å². The Morgan fingerprint density at radius 2 is 1.51 bits per heavy atom. The number of urea groups is 1. The quantitative estimate of drug-likeness (QED) is 0.273. The number of aryl methyl sites for hydroxylation is 3. The van der Waals surface area contributed by atoms with Gasteiger partial charge in [0.25, 0.3) is 0 Å². The molecule has 230 valence electrons. The minimum absolute atomic E-state index is 0.200. The van der Waals surface area contributed by atoms with Gasteiger partial charge in [0.2, 0.25) is 0 Å². The number of nitrogens with one attached hydrogen (secondary N) is 3. The van der Waals surface area contributed by atoms with Gasteiger partial charge in [0.15, 0.2) is 0 Å². The van der Waals surface area contributed by atoms with E-state index in [-0.39, 0.29) is 12.2 Å². The number of hydrogen-bond donors (Lipinski definition) is 4. The Morgan fingerprint density at radius 1 is 0.907 bits per heavy atom. The van der Waals surface area contributed by atoms with Gasteiger partial charge in [0.05, 0.1) is 0 Å². The van der Waals surface area contributed by atoms with Crippen LogP contribution in [-0.4, -0.2) is 67.4 Å². The fraction of sp³-hybridized carbons (Fsp3) is 0.382. The molecule has 0 radical (unpaired) electrons. The summed E-state index contributed by atoms with van der Waals surface area (Å²) in [5.74, 6) is -0.862. The second-order valence-corrected chi connectivity index (χ2v) is 10.7. The number of anilines is 1. The number of hydrogen-bond acceptors (Lipinski definition) is 6. The highest BCUT2D eigenvalue weighted by Crippen LogP contribution is 2.23. The third kappa shape index (κ3) is 12.2. The van der Waals surface area contributed by atoms with Crippen molar-refractivity contribution in [1.82, 2.24) is 15.5 Å². The van der Waals surface area contributed by atoms with Crippen molar-refractivity contribution in [2.24, 2.45) is 0 Å². The number of carbonyl (C=O) groups excluding carboxylic acids is 3. The molecule has 3 aromatic carbocycles. The Morgan fingerprint density at radius 3 is 2.07 bits per heavy atom. The summed E-state index contributed by atoms with van der Waals surface area (Å²) in [4.78, 5) is 42.0. The van der Waals surface area contributed by atoms with Gasteiger partial charge in [-0.2, -0.15) is 9.59 Å². The Labute approximate surface area is 254 Å². The summed E-state index contributed by atoms with van der Waals surface area (Å²) in [5.41, 5.74) is 9.26. The molecular weight excluding hydrogens is 544 g/mol. The normalized spacial score (nSPS) is 13.0. The smallest absolute Gasteiger partial charge is 0.373 e. The van der Waals surface area contributed by atoms with Crippen LogP contribution in [0.2, 0.25) is 0 Å². The van der Waals surface area contributed by atoms with E-state index >= 15 is 0 Å². The number of nitrogens with zero attached hydrogens (tertiary/aromatic N) is 1. The third-order valence-electron chi connectivity index (χ3n) is 7.48. The molecule has 1 fully saturated rings. The van der Waals surface area contributed by atoms with Crippen LogP contribution in [0.25, 0.3) is 11.1 Å². The van der Waals surface area contributed by atoms with Crippen molar-refractivity contribution in [3.05, 3.63) is 88.5 Å². The molecule has 1 saturated heterocycles. The van der Waals surface area contributed by atoms with Crippen LogP contribution in [0.4, 0.5) is 10.5 Å². The summed E-state index contributed by atoms with van der Waals surface area (Å²) < 4.78 is 0. The minimum Gasteiger partial charge on any atom is -0.480 e. The van der Waals surface area contributed by atoms with Gasteiger partial charge in [-0.25, -0.2) is 4.79 Å². The monoisotopic (exact) mass is 588 g/mol. The number of amides is 2. The lowest BCUT2D eigenvalue weighted by Crippen LogP contribution is -2.35. The van der Waals surface area contributed by atoms with Gasteiger partial charge in [-0.05, 0) is 113 Å². The average molecular weight is 589 g/mol. The lowest BCUT2D eigenvalue weighted by Gasteiger charge is -2.15. The zero-order valence-corrected chi connectivity index (χ0v) is 25.8. The van der Waals surface area contributed by atoms with E-state index in [0.717, 1.165) is 42.0 Å². The highest BCUT2D eigenvalue weighted by molar-refractivity contribution is 5.90. The molecule has 0 spiro atoms. The topological polar surface area (TPSA) is 128 Å². The SMILES string of the molecule is CNC(Cc1ccc(-c2cccc(NC(=O)NCCN3CCCC3)c2)cc1)C(=O)O.Cc1cc(C)c(C)c(C)c1.O=C=O. The van der Waals surface area contributed by atoms with Gasteiger partial charge >= 0.3 is 18.2 Å². The molecule has 1 unspecified atom stereocenters. The molecule has 1 atom stereocenters. The molecule has 2 amide bonds. The first-order valence-electron chi connectivity index (χ1n) is 14.5. The zero-order chi connectivity index (χ0) is 31.8. The van der Waals surface area contributed by atoms with E-state index in [1.54, 1.807) is 7.05 Å². The Balaban J connectivity index is 0.000000413. The fourth-order valence-electron chi connectivity index (χ4n) is 4.92. The van der Waals surface area contributed by atoms with Crippen molar-refractivity contribution in [3.8, 4) is 11.1 Å². The first-order chi connectivity index (χ1) is 20.6. The molecule has 0 aliphatic carbocycles. The van der Waals surface area contributed by atoms with Crippen molar-refractivity contribution in [3.63, 3.8) is 0 Å². The third-order valence-corrected chi connectivity index (χ3v) is 7.48. The molecule has 9 nitrogen and oxygen atoms in total. The maximum absolute atomic E-state index is 12.2. The first-order valence-corrected chi connectivity index (χ1v) is 14.5. The second-order valence-electron chi connectivity index (χ2n) is 10.7. The van der Waals surface area contributed by atoms with Gasteiger partial charge in [-0.3, -0.25) is 4.79 Å². The molecule has 0 aromatic heterocycles. The molecule has 0 saturated carbocycles. The number of aliphatic carboxylic acids is 1. The largest absolute Gasteiger partial charge is 0.480 e. The summed E-state index contributed by atoms with van der Waals surface area (Å²) in [5, 5.41) is 17.8. The number of likely N-dealkylation sites (N-methyl/N-ethyl adjacent to an activating group) is 1. The van der Waals surface area contributed by atoms with E-state index in [1.807, 2.05) is 48.5 Å². The Kier molecular flexibility index (Phi) is 14.8. The van der Waals surface area contributed by atoms with Gasteiger partial charge in [-0.15, -0.1) is 0 Å². The Bertz CT molecular complexity index is 1340. The number of carboxylic acids is 1. The van der Waals surface area contributed by atoms with E-state index < -0.39 is 12.0 Å². The van der Waals surface area contributed by atoms with Crippen LogP contribution in [-0.2, 0) is 20.8 Å². The number of rotatable bonds is 9. The number of benzene rings is 3. The van der Waals surface area contributed by atoms with Crippen LogP contribution >= 0.6 is 0 Å². The summed E-state index contributed by atoms with van der Waals surface area (Å²) >= 11 is 0. The average Bonchev–Trinajstić information content (AvgIpc) is 3.49. The van der Waals surface area contributed by atoms with Crippen LogP contribution in [0.5, 0.6) is 0 Å². The molecule has 0 bridgehead atoms. The first kappa shape index (κ1) is 34.9. The molecule has 1 heterocycles. The molecule has 1 aliphatic rings. The molecule has 3 aromatic rings. The van der Waals surface area contributed by atoms with E-state index in [1.165, 1.54) is 35.1 Å². The lowest BCUT2D eigenvalue weighted by molar-refractivity contribution is -0.191. The van der Waals surface area contributed by atoms with Crippen molar-refractivity contribution < 1.29 is 24.3 Å². The molecule has 43 heavy (non-hydrogen) atoms. The van der Waals surface area contributed by atoms with Crippen molar-refractivity contribution >= 4 is 23.8 Å². The predicted molar refractivity (Wildman–Crippen MR) is 169 cm³/mol. The number of carbonyl (C=O) groups is 2. The zero-order valence-electron chi connectivity index (χ0n) is 25.8. The van der Waals surface area contributed by atoms with Gasteiger partial charge in [0.1, 0.15) is 6.04 Å². The summed E-state index contributed by atoms with van der Waals surface area (Å²) in [6.45, 7) is 12.4. The maximum atomic E-state index is 12.2. The maximum Gasteiger partial charge on any atom is 0.373 e. The highest BCUT2D eigenvalue weighted by atomic mass is 16.4. The van der Waals surface area contributed by atoms with Gasteiger partial charge in [0, 0.05) is 18.8 Å². The van der Waals surface area contributed by atoms with E-state index in [2.05, 4.69) is 60.7 Å². The van der Waals surface area contributed by atoms with Gasteiger partial charge in [-0.1, -0.05) is 54.1 Å². The van der Waals surface area contributed by atoms with Crippen molar-refractivity contribution in [2.75, 3.05) is 38.5 Å². The summed E-state index contributed by atoms with van der Waals surface area (Å²) in [7, 11) is 1.65. The van der Waals surface area contributed by atoms with Crippen LogP contribution in [0.1, 0.15) is 40.7 Å². The van der Waals surface area contributed by atoms with E-state index in [0.29, 0.717) is 13.0 Å². The second kappa shape index (κ2) is 18.3. The molecular formula is C34H44N4O5. The molecule has 1 aliphatic heterocycles. The van der Waals surface area contributed by atoms with Crippen molar-refractivity contribution in [1.29, 1.82) is 0 Å². The highest BCUT2D eigenvalue weighted by Gasteiger charge is 2.15. The van der Waals surface area contributed by atoms with E-state index in [9.17, 15) is 14.7 Å². The van der Waals surface area contributed by atoms with Gasteiger partial charge < -0.3 is 26.0 Å². The molecule has 4 rings (SSSR count). The van der Waals surface area contributed by atoms with E-state index in [4.69, 9.17) is 9.59 Å². The van der Waals surface area contributed by atoms with Crippen LogP contribution < -0.4 is 16.0 Å².